The van der Waals surface area contributed by atoms with Crippen LogP contribution in [0.15, 0.2) is 72.8 Å². The number of likely N-dealkylation sites (N-methyl/N-ethyl adjacent to an activating group) is 12. The third kappa shape index (κ3) is 79.3. The van der Waals surface area contributed by atoms with Gasteiger partial charge >= 0.3 is 113 Å². The molecule has 10 N–H and O–H groups in total. The second-order valence-electron chi connectivity index (χ2n) is 57.3. The Hall–Kier alpha value is -2.78. The molecule has 0 atom stereocenters. The minimum atomic E-state index is -0.0803. The summed E-state index contributed by atoms with van der Waals surface area (Å²) in [5.41, 5.74) is 17.2. The first-order valence-corrected chi connectivity index (χ1v) is 54.1. The van der Waals surface area contributed by atoms with Crippen molar-refractivity contribution in [1.29, 1.82) is 0 Å². The summed E-state index contributed by atoms with van der Waals surface area (Å²) in [4.78, 5) is 19.7. The summed E-state index contributed by atoms with van der Waals surface area (Å²) < 4.78 is 0. The van der Waals surface area contributed by atoms with Gasteiger partial charge in [0.05, 0.1) is 141 Å². The summed E-state index contributed by atoms with van der Waals surface area (Å²) >= 11 is 0. The van der Waals surface area contributed by atoms with Crippen LogP contribution in [-0.4, -0.2) is 257 Å². The molecule has 0 aliphatic heterocycles. The number of benzene rings is 6. The SMILES string of the molecule is CN(C)CCN(C)C.C[NH+](C)CC[NH+](C)C.C[NH+](C)CC[NH+](C)C.C[NH+](C)CC[NH+](C)C.C[NH+](C)CC[NH+](C)C.C[NH+](C)CC[NH+](C)C.Cc1cc(C(C)(C)C)c([O-])c(C(C)(C)C)c1.Cc1cc(C(C)(C)C)c([O-])c(C(C)(C)C)c1.Cc1cc(C(C)(C)C)c([O-])c(C(C)(C)C)c1.Cc1cc(C(C)(C)C)c([O-])c(C(C)(C)C)c1.Cc1cc(C(C)(C)C)c([O-])c(C(C)(C)C)c1.Cc1cc(C(C)(C)C)c([O-])c(C(C)(C)C)c1.[Li+].[Li+].[Li+].[Li+].[Li+].[Li+]. The summed E-state index contributed by atoms with van der Waals surface area (Å²) in [6.07, 6.45) is 0. The molecule has 0 aromatic heterocycles. The maximum absolute atomic E-state index is 12.4. The summed E-state index contributed by atoms with van der Waals surface area (Å²) in [6, 6.07) is 24.3. The molecule has 6 rings (SSSR count). The molecule has 0 radical (unpaired) electrons. The predicted molar refractivity (Wildman–Crippen MR) is 622 cm³/mol. The van der Waals surface area contributed by atoms with E-state index < -0.39 is 0 Å². The first-order valence-electron chi connectivity index (χ1n) is 54.1. The van der Waals surface area contributed by atoms with Gasteiger partial charge in [-0.2, -0.15) is 0 Å². The zero-order chi connectivity index (χ0) is 116. The second kappa shape index (κ2) is 76.2. The quantitative estimate of drug-likeness (QED) is 0.0376. The van der Waals surface area contributed by atoms with Crippen LogP contribution < -0.4 is 193 Å². The smallest absolute Gasteiger partial charge is 0.872 e. The Labute approximate surface area is 1000 Å². The van der Waals surface area contributed by atoms with Crippen molar-refractivity contribution in [3.63, 3.8) is 0 Å². The molecular weight excluding hydrogens is 1820 g/mol. The van der Waals surface area contributed by atoms with Crippen LogP contribution in [0, 0.1) is 41.5 Å². The van der Waals surface area contributed by atoms with E-state index in [1.165, 1.54) is 148 Å². The van der Waals surface area contributed by atoms with E-state index in [0.717, 1.165) is 79.9 Å². The van der Waals surface area contributed by atoms with Gasteiger partial charge in [-0.05, 0) is 201 Å². The van der Waals surface area contributed by atoms with Crippen LogP contribution in [0.25, 0.3) is 0 Å². The second-order valence-corrected chi connectivity index (χ2v) is 57.3. The molecule has 0 unspecified atom stereocenters. The summed E-state index contributed by atoms with van der Waals surface area (Å²) in [5.74, 6) is 1.28. The Kier molecular flexibility index (Phi) is 87.4. The van der Waals surface area contributed by atoms with Crippen LogP contribution in [0.3, 0.4) is 0 Å². The molecule has 0 aliphatic rings. The van der Waals surface area contributed by atoms with E-state index in [1.807, 2.05) is 72.8 Å². The number of nitrogens with zero attached hydrogens (tertiary/aromatic N) is 2. The van der Waals surface area contributed by atoms with Crippen LogP contribution in [0.5, 0.6) is 34.5 Å². The van der Waals surface area contributed by atoms with Crippen LogP contribution >= 0.6 is 0 Å². The summed E-state index contributed by atoms with van der Waals surface area (Å²) in [5, 5.41) is 74.5. The fourth-order valence-corrected chi connectivity index (χ4v) is 14.2. The molecule has 18 nitrogen and oxygen atoms in total. The van der Waals surface area contributed by atoms with E-state index in [2.05, 4.69) is 470 Å². The third-order valence-corrected chi connectivity index (χ3v) is 23.7. The van der Waals surface area contributed by atoms with E-state index in [9.17, 15) is 30.6 Å². The Bertz CT molecular complexity index is 3550. The molecule has 150 heavy (non-hydrogen) atoms. The molecule has 24 heteroatoms. The van der Waals surface area contributed by atoms with Crippen molar-refractivity contribution >= 4 is 0 Å². The summed E-state index contributed by atoms with van der Waals surface area (Å²) in [7, 11) is 52.0. The van der Waals surface area contributed by atoms with Gasteiger partial charge in [-0.3, -0.25) is 0 Å². The summed E-state index contributed by atoms with van der Waals surface area (Å²) in [6.45, 7) is 103. The normalized spacial score (nSPS) is 11.9. The van der Waals surface area contributed by atoms with Crippen molar-refractivity contribution in [2.75, 3.05) is 248 Å². The van der Waals surface area contributed by atoms with Crippen molar-refractivity contribution in [3.05, 3.63) is 173 Å². The predicted octanol–water partition coefficient (Wildman–Crippen LogP) is -9.51. The van der Waals surface area contributed by atoms with Gasteiger partial charge in [-0.25, -0.2) is 0 Å². The van der Waals surface area contributed by atoms with Crippen LogP contribution in [0.1, 0.15) is 349 Å². The molecule has 0 saturated carbocycles. The van der Waals surface area contributed by atoms with Gasteiger partial charge in [0.25, 0.3) is 0 Å². The molecule has 840 valence electrons. The molecule has 0 spiro atoms. The Balaban J connectivity index is -0.000000140. The molecule has 0 fully saturated rings. The zero-order valence-corrected chi connectivity index (χ0v) is 114. The Morgan fingerprint density at radius 2 is 0.213 bits per heavy atom. The number of quaternary nitrogens is 10. The van der Waals surface area contributed by atoms with Gasteiger partial charge in [0.1, 0.15) is 65.4 Å². The average molecular weight is 2070 g/mol. The molecule has 0 bridgehead atoms. The number of hydrogen-bond donors (Lipinski definition) is 10. The largest absolute Gasteiger partial charge is 1.00 e. The van der Waals surface area contributed by atoms with Crippen molar-refractivity contribution < 1.29 is 193 Å². The molecule has 6 aromatic carbocycles. The van der Waals surface area contributed by atoms with Crippen molar-refractivity contribution in [1.82, 2.24) is 9.80 Å². The van der Waals surface area contributed by atoms with Crippen LogP contribution in [0.2, 0.25) is 0 Å². The van der Waals surface area contributed by atoms with Gasteiger partial charge in [0.15, 0.2) is 0 Å². The molecular formula is C126H244Li6N12O6+10. The van der Waals surface area contributed by atoms with Crippen molar-refractivity contribution in [2.24, 2.45) is 0 Å². The third-order valence-electron chi connectivity index (χ3n) is 23.7. The maximum Gasteiger partial charge on any atom is 1.00 e. The van der Waals surface area contributed by atoms with Crippen LogP contribution in [0.4, 0.5) is 0 Å². The van der Waals surface area contributed by atoms with Crippen molar-refractivity contribution in [2.45, 2.75) is 356 Å². The van der Waals surface area contributed by atoms with E-state index in [1.54, 1.807) is 0 Å². The van der Waals surface area contributed by atoms with Gasteiger partial charge in [-0.1, -0.05) is 355 Å². The topological polar surface area (TPSA) is 189 Å². The zero-order valence-electron chi connectivity index (χ0n) is 114. The number of hydrogen-bond acceptors (Lipinski definition) is 8. The fourth-order valence-electron chi connectivity index (χ4n) is 14.2. The molecule has 6 aromatic rings. The van der Waals surface area contributed by atoms with Crippen molar-refractivity contribution in [3.8, 4) is 34.5 Å². The van der Waals surface area contributed by atoms with Gasteiger partial charge in [0.2, 0.25) is 0 Å². The molecule has 0 saturated heterocycles. The Morgan fingerprint density at radius 3 is 0.253 bits per heavy atom. The van der Waals surface area contributed by atoms with Gasteiger partial charge in [0, 0.05) is 13.1 Å². The standard InChI is InChI=1S/6C15H24O.6C6H16N2.6Li/c6*1-10-8-11(14(2,3)4)13(16)12(9-10)15(5,6)7;6*1-7(2)5-6-8(3)4;;;;;;/h6*8-9,16H,1-7H3;6*5-6H2,1-4H3;;;;;;/q;;;;;;;;;;;;6*+1/p+4. The number of rotatable bonds is 18. The molecule has 0 amide bonds. The Morgan fingerprint density at radius 1 is 0.153 bits per heavy atom. The van der Waals surface area contributed by atoms with Gasteiger partial charge in [-0.15, -0.1) is 34.5 Å². The van der Waals surface area contributed by atoms with Crippen LogP contribution in [-0.2, 0) is 65.0 Å². The minimum absolute atomic E-state index is 0. The van der Waals surface area contributed by atoms with Gasteiger partial charge < -0.3 is 89.4 Å². The van der Waals surface area contributed by atoms with E-state index in [4.69, 9.17) is 0 Å². The fraction of sp³-hybridized carbons (Fsp3) is 0.714. The molecule has 0 aliphatic carbocycles. The van der Waals surface area contributed by atoms with E-state index in [-0.39, 0.29) is 213 Å². The molecule has 0 heterocycles. The minimum Gasteiger partial charge on any atom is -0.872 e. The first-order chi connectivity index (χ1) is 63.9. The van der Waals surface area contributed by atoms with E-state index >= 15 is 0 Å². The number of aryl methyl sites for hydroxylation is 6. The average Bonchev–Trinajstić information content (AvgIpc) is 0.812. The number of nitrogens with one attached hydrogen (secondary N) is 10. The maximum atomic E-state index is 12.4. The van der Waals surface area contributed by atoms with E-state index in [0.29, 0.717) is 0 Å². The first kappa shape index (κ1) is 172. The monoisotopic (exact) mass is 2060 g/mol.